The molecule has 0 radical (unpaired) electrons. The molecule has 0 saturated carbocycles. The van der Waals surface area contributed by atoms with Crippen LogP contribution in [0.15, 0.2) is 22.7 Å². The van der Waals surface area contributed by atoms with Crippen molar-refractivity contribution >= 4 is 33.2 Å². The van der Waals surface area contributed by atoms with Crippen molar-refractivity contribution in [3.8, 4) is 0 Å². The van der Waals surface area contributed by atoms with Crippen LogP contribution < -0.4 is 4.90 Å². The summed E-state index contributed by atoms with van der Waals surface area (Å²) in [6, 6.07) is 7.04. The van der Waals surface area contributed by atoms with Crippen molar-refractivity contribution in [1.82, 2.24) is 4.90 Å². The van der Waals surface area contributed by atoms with E-state index >= 15 is 0 Å². The second kappa shape index (κ2) is 6.27. The number of anilines is 1. The van der Waals surface area contributed by atoms with Gasteiger partial charge in [0.2, 0.25) is 0 Å². The van der Waals surface area contributed by atoms with Crippen molar-refractivity contribution < 1.29 is 0 Å². The van der Waals surface area contributed by atoms with E-state index in [1.54, 1.807) is 0 Å². The van der Waals surface area contributed by atoms with Crippen LogP contribution in [0.2, 0.25) is 0 Å². The molecule has 0 spiro atoms. The SMILES string of the molecule is CN(C)CC1CCCN1c1ccc(Br)cc1CCl. The van der Waals surface area contributed by atoms with Gasteiger partial charge < -0.3 is 9.80 Å². The number of hydrogen-bond acceptors (Lipinski definition) is 2. The van der Waals surface area contributed by atoms with E-state index in [-0.39, 0.29) is 0 Å². The number of nitrogens with zero attached hydrogens (tertiary/aromatic N) is 2. The Hall–Kier alpha value is -0.250. The Labute approximate surface area is 123 Å². The van der Waals surface area contributed by atoms with Crippen LogP contribution in [-0.4, -0.2) is 38.1 Å². The molecule has 1 saturated heterocycles. The lowest BCUT2D eigenvalue weighted by molar-refractivity contribution is 0.372. The fourth-order valence-electron chi connectivity index (χ4n) is 2.71. The second-order valence-electron chi connectivity index (χ2n) is 5.16. The van der Waals surface area contributed by atoms with Gasteiger partial charge in [-0.05, 0) is 50.7 Å². The Morgan fingerprint density at radius 2 is 2.22 bits per heavy atom. The summed E-state index contributed by atoms with van der Waals surface area (Å²) in [5.74, 6) is 0.569. The van der Waals surface area contributed by atoms with Gasteiger partial charge >= 0.3 is 0 Å². The highest BCUT2D eigenvalue weighted by molar-refractivity contribution is 9.10. The highest BCUT2D eigenvalue weighted by atomic mass is 79.9. The average Bonchev–Trinajstić information content (AvgIpc) is 2.76. The van der Waals surface area contributed by atoms with Crippen molar-refractivity contribution in [3.05, 3.63) is 28.2 Å². The van der Waals surface area contributed by atoms with Crippen molar-refractivity contribution in [3.63, 3.8) is 0 Å². The Balaban J connectivity index is 2.24. The van der Waals surface area contributed by atoms with Gasteiger partial charge in [0.15, 0.2) is 0 Å². The Kier molecular flexibility index (Phi) is 4.93. The van der Waals surface area contributed by atoms with Crippen LogP contribution in [0.3, 0.4) is 0 Å². The molecule has 1 aliphatic heterocycles. The summed E-state index contributed by atoms with van der Waals surface area (Å²) in [6.45, 7) is 2.25. The Morgan fingerprint density at radius 3 is 2.89 bits per heavy atom. The van der Waals surface area contributed by atoms with E-state index in [1.807, 2.05) is 0 Å². The third kappa shape index (κ3) is 3.19. The summed E-state index contributed by atoms with van der Waals surface area (Å²) in [6.07, 6.45) is 2.55. The molecule has 1 aliphatic rings. The molecule has 0 N–H and O–H groups in total. The minimum Gasteiger partial charge on any atom is -0.367 e. The van der Waals surface area contributed by atoms with E-state index in [4.69, 9.17) is 11.6 Å². The zero-order chi connectivity index (χ0) is 13.1. The molecule has 1 fully saturated rings. The number of hydrogen-bond donors (Lipinski definition) is 0. The van der Waals surface area contributed by atoms with E-state index in [0.717, 1.165) is 17.6 Å². The molecule has 2 rings (SSSR count). The lowest BCUT2D eigenvalue weighted by Crippen LogP contribution is -2.37. The van der Waals surface area contributed by atoms with Gasteiger partial charge in [-0.3, -0.25) is 0 Å². The molecule has 1 unspecified atom stereocenters. The largest absolute Gasteiger partial charge is 0.367 e. The molecule has 0 aliphatic carbocycles. The van der Waals surface area contributed by atoms with E-state index in [0.29, 0.717) is 11.9 Å². The first-order chi connectivity index (χ1) is 8.61. The van der Waals surface area contributed by atoms with Crippen molar-refractivity contribution in [1.29, 1.82) is 0 Å². The zero-order valence-electron chi connectivity index (χ0n) is 11.0. The molecule has 0 amide bonds. The second-order valence-corrected chi connectivity index (χ2v) is 6.34. The summed E-state index contributed by atoms with van der Waals surface area (Å²) >= 11 is 9.59. The van der Waals surface area contributed by atoms with Gasteiger partial charge in [-0.1, -0.05) is 15.9 Å². The summed E-state index contributed by atoms with van der Waals surface area (Å²) < 4.78 is 1.10. The smallest absolute Gasteiger partial charge is 0.0494 e. The molecule has 1 atom stereocenters. The highest BCUT2D eigenvalue weighted by Crippen LogP contribution is 2.31. The van der Waals surface area contributed by atoms with Crippen LogP contribution in [0.4, 0.5) is 5.69 Å². The monoisotopic (exact) mass is 330 g/mol. The third-order valence-corrected chi connectivity index (χ3v) is 4.23. The van der Waals surface area contributed by atoms with Gasteiger partial charge in [0, 0.05) is 35.2 Å². The summed E-state index contributed by atoms with van der Waals surface area (Å²) in [5, 5.41) is 0. The predicted octanol–water partition coefficient (Wildman–Crippen LogP) is 3.72. The van der Waals surface area contributed by atoms with Crippen molar-refractivity contribution in [2.75, 3.05) is 32.1 Å². The standard InChI is InChI=1S/C14H20BrClN2/c1-17(2)10-13-4-3-7-18(13)14-6-5-12(15)8-11(14)9-16/h5-6,8,13H,3-4,7,9-10H2,1-2H3. The molecule has 4 heteroatoms. The van der Waals surface area contributed by atoms with Crippen LogP contribution in [-0.2, 0) is 5.88 Å². The van der Waals surface area contributed by atoms with Crippen LogP contribution in [0.25, 0.3) is 0 Å². The topological polar surface area (TPSA) is 6.48 Å². The normalized spacial score (nSPS) is 19.8. The minimum absolute atomic E-state index is 0.569. The van der Waals surface area contributed by atoms with Gasteiger partial charge in [0.1, 0.15) is 0 Å². The van der Waals surface area contributed by atoms with Gasteiger partial charge in [-0.2, -0.15) is 0 Å². The first-order valence-electron chi connectivity index (χ1n) is 6.37. The number of alkyl halides is 1. The molecule has 0 aromatic heterocycles. The lowest BCUT2D eigenvalue weighted by atomic mass is 10.1. The Bertz CT molecular complexity index is 409. The number of rotatable bonds is 4. The third-order valence-electron chi connectivity index (χ3n) is 3.45. The Morgan fingerprint density at radius 1 is 1.44 bits per heavy atom. The quantitative estimate of drug-likeness (QED) is 0.776. The molecule has 1 heterocycles. The van der Waals surface area contributed by atoms with Crippen LogP contribution >= 0.6 is 27.5 Å². The minimum atomic E-state index is 0.569. The van der Waals surface area contributed by atoms with Gasteiger partial charge in [-0.15, -0.1) is 11.6 Å². The average molecular weight is 332 g/mol. The van der Waals surface area contributed by atoms with E-state index in [2.05, 4.69) is 58.0 Å². The maximum Gasteiger partial charge on any atom is 0.0494 e. The number of likely N-dealkylation sites (N-methyl/N-ethyl adjacent to an activating group) is 1. The summed E-state index contributed by atoms with van der Waals surface area (Å²) in [5.41, 5.74) is 2.52. The molecule has 100 valence electrons. The summed E-state index contributed by atoms with van der Waals surface area (Å²) in [7, 11) is 4.28. The van der Waals surface area contributed by atoms with Gasteiger partial charge in [-0.25, -0.2) is 0 Å². The summed E-state index contributed by atoms with van der Waals surface area (Å²) in [4.78, 5) is 4.78. The molecule has 18 heavy (non-hydrogen) atoms. The predicted molar refractivity (Wildman–Crippen MR) is 82.6 cm³/mol. The van der Waals surface area contributed by atoms with Crippen LogP contribution in [0.5, 0.6) is 0 Å². The van der Waals surface area contributed by atoms with Gasteiger partial charge in [0.05, 0.1) is 0 Å². The van der Waals surface area contributed by atoms with E-state index < -0.39 is 0 Å². The molecule has 0 bridgehead atoms. The molecule has 2 nitrogen and oxygen atoms in total. The first kappa shape index (κ1) is 14.2. The molecule has 1 aromatic carbocycles. The van der Waals surface area contributed by atoms with Crippen molar-refractivity contribution in [2.24, 2.45) is 0 Å². The van der Waals surface area contributed by atoms with E-state index in [9.17, 15) is 0 Å². The lowest BCUT2D eigenvalue weighted by Gasteiger charge is -2.30. The number of benzene rings is 1. The molecule has 1 aromatic rings. The fraction of sp³-hybridized carbons (Fsp3) is 0.571. The fourth-order valence-corrected chi connectivity index (χ4v) is 3.33. The van der Waals surface area contributed by atoms with Crippen LogP contribution in [0, 0.1) is 0 Å². The first-order valence-corrected chi connectivity index (χ1v) is 7.70. The molecular formula is C14H20BrClN2. The maximum atomic E-state index is 6.08. The zero-order valence-corrected chi connectivity index (χ0v) is 13.3. The maximum absolute atomic E-state index is 6.08. The van der Waals surface area contributed by atoms with Gasteiger partial charge in [0.25, 0.3) is 0 Å². The highest BCUT2D eigenvalue weighted by Gasteiger charge is 2.26. The van der Waals surface area contributed by atoms with Crippen molar-refractivity contribution in [2.45, 2.75) is 24.8 Å². The van der Waals surface area contributed by atoms with Crippen LogP contribution in [0.1, 0.15) is 18.4 Å². The molecular weight excluding hydrogens is 312 g/mol. The number of halogens is 2. The van der Waals surface area contributed by atoms with E-state index in [1.165, 1.54) is 24.1 Å².